The van der Waals surface area contributed by atoms with Crippen molar-refractivity contribution in [1.29, 1.82) is 0 Å². The zero-order valence-corrected chi connectivity index (χ0v) is 15.4. The Morgan fingerprint density at radius 2 is 1.92 bits per heavy atom. The highest BCUT2D eigenvalue weighted by Crippen LogP contribution is 2.20. The van der Waals surface area contributed by atoms with Crippen LogP contribution in [0.25, 0.3) is 0 Å². The van der Waals surface area contributed by atoms with E-state index in [4.69, 9.17) is 9.47 Å². The minimum atomic E-state index is 0.0954. The average molecular weight is 352 g/mol. The van der Waals surface area contributed by atoms with Crippen LogP contribution in [-0.4, -0.2) is 58.3 Å². The SMILES string of the molecule is COCCn1cnnc1SCC(=O)c1cc(C)n(CCOC)c1C. The van der Waals surface area contributed by atoms with Gasteiger partial charge in [-0.1, -0.05) is 11.8 Å². The normalized spacial score (nSPS) is 11.2. The first-order valence-electron chi connectivity index (χ1n) is 7.76. The third-order valence-corrected chi connectivity index (χ3v) is 4.82. The second-order valence-electron chi connectivity index (χ2n) is 5.44. The van der Waals surface area contributed by atoms with Crippen molar-refractivity contribution in [2.24, 2.45) is 0 Å². The largest absolute Gasteiger partial charge is 0.383 e. The molecule has 0 amide bonds. The highest BCUT2D eigenvalue weighted by Gasteiger charge is 2.17. The molecule has 0 aliphatic carbocycles. The van der Waals surface area contributed by atoms with Crippen molar-refractivity contribution in [2.75, 3.05) is 33.2 Å². The van der Waals surface area contributed by atoms with E-state index in [1.807, 2.05) is 24.5 Å². The molecular weight excluding hydrogens is 328 g/mol. The zero-order valence-electron chi connectivity index (χ0n) is 14.6. The summed E-state index contributed by atoms with van der Waals surface area (Å²) in [5.74, 6) is 0.429. The lowest BCUT2D eigenvalue weighted by Crippen LogP contribution is -2.10. The number of methoxy groups -OCH3 is 2. The summed E-state index contributed by atoms with van der Waals surface area (Å²) in [6, 6.07) is 1.95. The minimum Gasteiger partial charge on any atom is -0.383 e. The number of carbonyl (C=O) groups excluding carboxylic acids is 1. The van der Waals surface area contributed by atoms with Crippen LogP contribution in [0.2, 0.25) is 0 Å². The predicted molar refractivity (Wildman–Crippen MR) is 92.7 cm³/mol. The Hall–Kier alpha value is -1.64. The molecule has 0 aliphatic rings. The third-order valence-electron chi connectivity index (χ3n) is 3.84. The summed E-state index contributed by atoms with van der Waals surface area (Å²) in [5.41, 5.74) is 2.82. The molecule has 0 N–H and O–H groups in total. The van der Waals surface area contributed by atoms with Crippen molar-refractivity contribution in [2.45, 2.75) is 32.1 Å². The van der Waals surface area contributed by atoms with Crippen LogP contribution in [0.1, 0.15) is 21.7 Å². The van der Waals surface area contributed by atoms with Crippen LogP contribution in [0.15, 0.2) is 17.6 Å². The molecule has 2 aromatic rings. The Morgan fingerprint density at radius 3 is 2.62 bits per heavy atom. The van der Waals surface area contributed by atoms with Gasteiger partial charge in [-0.2, -0.15) is 0 Å². The molecule has 8 heteroatoms. The van der Waals surface area contributed by atoms with Gasteiger partial charge in [0, 0.05) is 44.3 Å². The maximum absolute atomic E-state index is 12.6. The lowest BCUT2D eigenvalue weighted by Gasteiger charge is -2.09. The molecule has 2 heterocycles. The average Bonchev–Trinajstić information content (AvgIpc) is 3.13. The van der Waals surface area contributed by atoms with Crippen LogP contribution in [-0.2, 0) is 22.6 Å². The maximum Gasteiger partial charge on any atom is 0.191 e. The van der Waals surface area contributed by atoms with E-state index >= 15 is 0 Å². The molecule has 0 saturated carbocycles. The molecule has 0 saturated heterocycles. The monoisotopic (exact) mass is 352 g/mol. The quantitative estimate of drug-likeness (QED) is 0.481. The molecule has 0 aliphatic heterocycles. The highest BCUT2D eigenvalue weighted by atomic mass is 32.2. The van der Waals surface area contributed by atoms with Gasteiger partial charge in [0.1, 0.15) is 6.33 Å². The van der Waals surface area contributed by atoms with Gasteiger partial charge < -0.3 is 18.6 Å². The van der Waals surface area contributed by atoms with Crippen LogP contribution in [0.3, 0.4) is 0 Å². The van der Waals surface area contributed by atoms with E-state index in [2.05, 4.69) is 14.8 Å². The number of ketones is 1. The molecule has 2 rings (SSSR count). The van der Waals surface area contributed by atoms with Gasteiger partial charge in [0.05, 0.1) is 19.0 Å². The number of carbonyl (C=O) groups is 1. The van der Waals surface area contributed by atoms with Gasteiger partial charge in [-0.25, -0.2) is 0 Å². The Balaban J connectivity index is 2.02. The van der Waals surface area contributed by atoms with E-state index in [1.165, 1.54) is 11.8 Å². The van der Waals surface area contributed by atoms with Crippen LogP contribution >= 0.6 is 11.8 Å². The first-order valence-corrected chi connectivity index (χ1v) is 8.75. The number of rotatable bonds is 10. The number of thioether (sulfide) groups is 1. The topological polar surface area (TPSA) is 71.2 Å². The summed E-state index contributed by atoms with van der Waals surface area (Å²) in [6.07, 6.45) is 1.66. The number of aryl methyl sites for hydroxylation is 1. The number of hydrogen-bond donors (Lipinski definition) is 0. The fourth-order valence-electron chi connectivity index (χ4n) is 2.52. The number of nitrogens with zero attached hydrogens (tertiary/aromatic N) is 4. The Kier molecular flexibility index (Phi) is 7.01. The molecule has 0 atom stereocenters. The molecule has 2 aromatic heterocycles. The number of ether oxygens (including phenoxy) is 2. The van der Waals surface area contributed by atoms with Gasteiger partial charge in [-0.3, -0.25) is 4.79 Å². The lowest BCUT2D eigenvalue weighted by molar-refractivity contribution is 0.102. The van der Waals surface area contributed by atoms with Crippen LogP contribution in [0.5, 0.6) is 0 Å². The Morgan fingerprint density at radius 1 is 1.21 bits per heavy atom. The molecule has 0 spiro atoms. The molecular formula is C16H24N4O3S. The molecule has 0 unspecified atom stereocenters. The number of Topliss-reactive ketones (excluding diaryl/α,β-unsaturated/α-hetero) is 1. The van der Waals surface area contributed by atoms with Gasteiger partial charge in [0.25, 0.3) is 0 Å². The zero-order chi connectivity index (χ0) is 17.5. The molecule has 24 heavy (non-hydrogen) atoms. The number of hydrogen-bond acceptors (Lipinski definition) is 6. The minimum absolute atomic E-state index is 0.0954. The first kappa shape index (κ1) is 18.7. The van der Waals surface area contributed by atoms with Gasteiger partial charge >= 0.3 is 0 Å². The van der Waals surface area contributed by atoms with Gasteiger partial charge in [-0.15, -0.1) is 10.2 Å². The summed E-state index contributed by atoms with van der Waals surface area (Å²) in [7, 11) is 3.33. The van der Waals surface area contributed by atoms with Crippen molar-refractivity contribution in [3.63, 3.8) is 0 Å². The second kappa shape index (κ2) is 9.00. The van der Waals surface area contributed by atoms with Crippen molar-refractivity contribution < 1.29 is 14.3 Å². The van der Waals surface area contributed by atoms with E-state index < -0.39 is 0 Å². The fourth-order valence-corrected chi connectivity index (χ4v) is 3.34. The van der Waals surface area contributed by atoms with E-state index in [1.54, 1.807) is 20.5 Å². The predicted octanol–water partition coefficient (Wildman–Crippen LogP) is 1.96. The highest BCUT2D eigenvalue weighted by molar-refractivity contribution is 7.99. The fraction of sp³-hybridized carbons (Fsp3) is 0.562. The molecule has 0 aromatic carbocycles. The van der Waals surface area contributed by atoms with E-state index in [0.717, 1.165) is 28.7 Å². The Bertz CT molecular complexity index is 681. The van der Waals surface area contributed by atoms with E-state index in [-0.39, 0.29) is 5.78 Å². The summed E-state index contributed by atoms with van der Waals surface area (Å²) in [4.78, 5) is 12.6. The van der Waals surface area contributed by atoms with Crippen molar-refractivity contribution in [3.05, 3.63) is 29.3 Å². The maximum atomic E-state index is 12.6. The van der Waals surface area contributed by atoms with Crippen molar-refractivity contribution >= 4 is 17.5 Å². The first-order chi connectivity index (χ1) is 11.6. The van der Waals surface area contributed by atoms with Crippen molar-refractivity contribution in [3.8, 4) is 0 Å². The summed E-state index contributed by atoms with van der Waals surface area (Å²) < 4.78 is 14.2. The van der Waals surface area contributed by atoms with Gasteiger partial charge in [0.2, 0.25) is 0 Å². The molecule has 0 fully saturated rings. The van der Waals surface area contributed by atoms with Crippen molar-refractivity contribution in [1.82, 2.24) is 19.3 Å². The molecule has 7 nitrogen and oxygen atoms in total. The summed E-state index contributed by atoms with van der Waals surface area (Å²) in [6.45, 7) is 6.61. The third kappa shape index (κ3) is 4.46. The van der Waals surface area contributed by atoms with Crippen LogP contribution < -0.4 is 0 Å². The van der Waals surface area contributed by atoms with Crippen LogP contribution in [0.4, 0.5) is 0 Å². The second-order valence-corrected chi connectivity index (χ2v) is 6.38. The standard InChI is InChI=1S/C16H24N4O3S/c1-12-9-14(13(2)20(12)6-8-23-4)15(21)10-24-16-18-17-11-19(16)5-7-22-3/h9,11H,5-8,10H2,1-4H3. The van der Waals surface area contributed by atoms with Gasteiger partial charge in [0.15, 0.2) is 10.9 Å². The van der Waals surface area contributed by atoms with Crippen LogP contribution in [0, 0.1) is 13.8 Å². The van der Waals surface area contributed by atoms with E-state index in [0.29, 0.717) is 25.5 Å². The molecule has 0 radical (unpaired) electrons. The smallest absolute Gasteiger partial charge is 0.191 e. The summed E-state index contributed by atoms with van der Waals surface area (Å²) in [5, 5.41) is 8.70. The van der Waals surface area contributed by atoms with E-state index in [9.17, 15) is 4.79 Å². The molecule has 132 valence electrons. The van der Waals surface area contributed by atoms with Gasteiger partial charge in [-0.05, 0) is 19.9 Å². The Labute approximate surface area is 146 Å². The lowest BCUT2D eigenvalue weighted by atomic mass is 10.2. The number of aromatic nitrogens is 4. The summed E-state index contributed by atoms with van der Waals surface area (Å²) >= 11 is 1.40. The molecule has 0 bridgehead atoms.